The van der Waals surface area contributed by atoms with Gasteiger partial charge in [0.25, 0.3) is 0 Å². The largest absolute Gasteiger partial charge is 0.351 e. The van der Waals surface area contributed by atoms with Gasteiger partial charge in [0, 0.05) is 6.04 Å². The number of hydrogen-bond acceptors (Lipinski definition) is 5. The lowest BCUT2D eigenvalue weighted by atomic mass is 10.2. The summed E-state index contributed by atoms with van der Waals surface area (Å²) in [4.78, 5) is 11.6. The highest BCUT2D eigenvalue weighted by Crippen LogP contribution is 2.14. The smallest absolute Gasteiger partial charge is 0.241 e. The first-order valence-corrected chi connectivity index (χ1v) is 10.2. The number of sulfone groups is 1. The van der Waals surface area contributed by atoms with E-state index in [9.17, 15) is 26.0 Å². The molecule has 23 heavy (non-hydrogen) atoms. The van der Waals surface area contributed by atoms with Crippen LogP contribution in [0.4, 0.5) is 4.39 Å². The lowest BCUT2D eigenvalue weighted by Crippen LogP contribution is -2.42. The van der Waals surface area contributed by atoms with Gasteiger partial charge in [-0.15, -0.1) is 0 Å². The summed E-state index contributed by atoms with van der Waals surface area (Å²) in [6.07, 6.45) is 0.317. The predicted octanol–water partition coefficient (Wildman–Crippen LogP) is -0.284. The van der Waals surface area contributed by atoms with Gasteiger partial charge in [0.15, 0.2) is 9.84 Å². The molecule has 0 aliphatic carbocycles. The average Bonchev–Trinajstić information content (AvgIpc) is 2.78. The van der Waals surface area contributed by atoms with E-state index in [1.54, 1.807) is 0 Å². The first-order valence-electron chi connectivity index (χ1n) is 6.85. The molecule has 0 spiro atoms. The third-order valence-electron chi connectivity index (χ3n) is 3.46. The molecule has 2 rings (SSSR count). The van der Waals surface area contributed by atoms with E-state index in [4.69, 9.17) is 0 Å². The number of amides is 1. The molecule has 0 radical (unpaired) electrons. The van der Waals surface area contributed by atoms with E-state index in [0.717, 1.165) is 12.1 Å². The lowest BCUT2D eigenvalue weighted by Gasteiger charge is -2.12. The van der Waals surface area contributed by atoms with Crippen molar-refractivity contribution in [1.82, 2.24) is 10.0 Å². The number of aryl methyl sites for hydroxylation is 1. The summed E-state index contributed by atoms with van der Waals surface area (Å²) in [6.45, 7) is 0.914. The minimum absolute atomic E-state index is 0.0124. The molecule has 1 fully saturated rings. The maximum absolute atomic E-state index is 13.2. The highest BCUT2D eigenvalue weighted by Gasteiger charge is 2.29. The number of halogens is 1. The molecule has 7 nitrogen and oxygen atoms in total. The highest BCUT2D eigenvalue weighted by molar-refractivity contribution is 7.91. The average molecular weight is 364 g/mol. The van der Waals surface area contributed by atoms with Crippen molar-refractivity contribution in [2.24, 2.45) is 0 Å². The molecular weight excluding hydrogens is 347 g/mol. The normalized spacial score (nSPS) is 20.3. The fourth-order valence-electron chi connectivity index (χ4n) is 2.22. The summed E-state index contributed by atoms with van der Waals surface area (Å²) >= 11 is 0. The number of nitrogens with one attached hydrogen (secondary N) is 2. The first-order chi connectivity index (χ1) is 10.6. The molecule has 1 atom stereocenters. The van der Waals surface area contributed by atoms with Gasteiger partial charge in [-0.25, -0.2) is 25.9 Å². The van der Waals surface area contributed by atoms with Crippen LogP contribution < -0.4 is 10.0 Å². The second kappa shape index (κ2) is 6.54. The van der Waals surface area contributed by atoms with Gasteiger partial charge in [-0.1, -0.05) is 0 Å². The number of carbonyl (C=O) groups excluding carboxylic acids is 1. The van der Waals surface area contributed by atoms with Crippen LogP contribution in [0.2, 0.25) is 0 Å². The minimum atomic E-state index is -3.95. The molecule has 1 heterocycles. The van der Waals surface area contributed by atoms with E-state index >= 15 is 0 Å². The second-order valence-electron chi connectivity index (χ2n) is 5.40. The van der Waals surface area contributed by atoms with E-state index in [2.05, 4.69) is 10.0 Å². The summed E-state index contributed by atoms with van der Waals surface area (Å²) in [5.41, 5.74) is 0.175. The van der Waals surface area contributed by atoms with Crippen molar-refractivity contribution in [1.29, 1.82) is 0 Å². The van der Waals surface area contributed by atoms with Crippen molar-refractivity contribution in [3.05, 3.63) is 29.6 Å². The number of carbonyl (C=O) groups is 1. The molecule has 2 N–H and O–H groups in total. The van der Waals surface area contributed by atoms with Gasteiger partial charge < -0.3 is 5.32 Å². The quantitative estimate of drug-likeness (QED) is 0.747. The van der Waals surface area contributed by atoms with Crippen LogP contribution >= 0.6 is 0 Å². The van der Waals surface area contributed by atoms with Crippen LogP contribution in [0, 0.1) is 12.7 Å². The maximum Gasteiger partial charge on any atom is 0.241 e. The lowest BCUT2D eigenvalue weighted by molar-refractivity contribution is -0.120. The standard InChI is InChI=1S/C13H17FN2O5S2/c1-9-6-11(2-3-12(9)14)23(20,21)15-7-13(17)16-10-4-5-22(18,19)8-10/h2-3,6,10,15H,4-5,7-8H2,1H3,(H,16,17). The van der Waals surface area contributed by atoms with Crippen molar-refractivity contribution in [3.63, 3.8) is 0 Å². The van der Waals surface area contributed by atoms with Crippen LogP contribution in [-0.4, -0.2) is 46.8 Å². The Labute approximate surface area is 134 Å². The van der Waals surface area contributed by atoms with Crippen LogP contribution in [0.25, 0.3) is 0 Å². The van der Waals surface area contributed by atoms with Gasteiger partial charge in [-0.3, -0.25) is 4.79 Å². The molecule has 10 heteroatoms. The van der Waals surface area contributed by atoms with Gasteiger partial charge in [-0.2, -0.15) is 0 Å². The number of rotatable bonds is 5. The molecular formula is C13H17FN2O5S2. The third kappa shape index (κ3) is 4.72. The Hall–Kier alpha value is -1.52. The summed E-state index contributed by atoms with van der Waals surface area (Å²) in [5, 5.41) is 2.47. The van der Waals surface area contributed by atoms with E-state index in [-0.39, 0.29) is 22.0 Å². The summed E-state index contributed by atoms with van der Waals surface area (Å²) in [7, 11) is -7.07. The van der Waals surface area contributed by atoms with Gasteiger partial charge in [0.05, 0.1) is 22.9 Å². The van der Waals surface area contributed by atoms with Crippen LogP contribution in [0.1, 0.15) is 12.0 Å². The van der Waals surface area contributed by atoms with Crippen LogP contribution in [0.15, 0.2) is 23.1 Å². The van der Waals surface area contributed by atoms with E-state index in [1.807, 2.05) is 0 Å². The molecule has 1 unspecified atom stereocenters. The van der Waals surface area contributed by atoms with E-state index in [0.29, 0.717) is 6.42 Å². The number of benzene rings is 1. The first kappa shape index (κ1) is 17.8. The van der Waals surface area contributed by atoms with E-state index < -0.39 is 44.2 Å². The molecule has 1 aliphatic rings. The molecule has 0 bridgehead atoms. The minimum Gasteiger partial charge on any atom is -0.351 e. The molecule has 0 saturated carbocycles. The molecule has 1 saturated heterocycles. The second-order valence-corrected chi connectivity index (χ2v) is 9.40. The van der Waals surface area contributed by atoms with Gasteiger partial charge >= 0.3 is 0 Å². The van der Waals surface area contributed by atoms with Crippen molar-refractivity contribution < 1.29 is 26.0 Å². The van der Waals surface area contributed by atoms with Crippen molar-refractivity contribution in [2.45, 2.75) is 24.3 Å². The fourth-order valence-corrected chi connectivity index (χ4v) is 4.96. The van der Waals surface area contributed by atoms with Gasteiger partial charge in [0.2, 0.25) is 15.9 Å². The zero-order valence-electron chi connectivity index (χ0n) is 12.4. The predicted molar refractivity (Wildman–Crippen MR) is 81.5 cm³/mol. The van der Waals surface area contributed by atoms with Crippen molar-refractivity contribution >= 4 is 25.8 Å². The summed E-state index contributed by atoms with van der Waals surface area (Å²) in [5.74, 6) is -1.26. The zero-order chi connectivity index (χ0) is 17.3. The van der Waals surface area contributed by atoms with E-state index in [1.165, 1.54) is 13.0 Å². The van der Waals surface area contributed by atoms with Gasteiger partial charge in [-0.05, 0) is 37.1 Å². The van der Waals surface area contributed by atoms with Crippen molar-refractivity contribution in [2.75, 3.05) is 18.1 Å². The monoisotopic (exact) mass is 364 g/mol. The molecule has 128 valence electrons. The molecule has 1 aliphatic heterocycles. The Morgan fingerprint density at radius 2 is 2.09 bits per heavy atom. The number of sulfonamides is 1. The Morgan fingerprint density at radius 1 is 1.39 bits per heavy atom. The summed E-state index contributed by atoms with van der Waals surface area (Å²) in [6, 6.07) is 2.81. The molecule has 1 amide bonds. The molecule has 1 aromatic carbocycles. The topological polar surface area (TPSA) is 109 Å². The zero-order valence-corrected chi connectivity index (χ0v) is 14.0. The molecule has 1 aromatic rings. The van der Waals surface area contributed by atoms with Crippen LogP contribution in [-0.2, 0) is 24.7 Å². The van der Waals surface area contributed by atoms with Crippen LogP contribution in [0.5, 0.6) is 0 Å². The Bertz CT molecular complexity index is 821. The fraction of sp³-hybridized carbons (Fsp3) is 0.462. The Kier molecular flexibility index (Phi) is 5.07. The Balaban J connectivity index is 1.94. The molecule has 0 aromatic heterocycles. The van der Waals surface area contributed by atoms with Crippen LogP contribution in [0.3, 0.4) is 0 Å². The van der Waals surface area contributed by atoms with Crippen molar-refractivity contribution in [3.8, 4) is 0 Å². The maximum atomic E-state index is 13.2. The SMILES string of the molecule is Cc1cc(S(=O)(=O)NCC(=O)NC2CCS(=O)(=O)C2)ccc1F. The Morgan fingerprint density at radius 3 is 2.65 bits per heavy atom. The van der Waals surface area contributed by atoms with Gasteiger partial charge in [0.1, 0.15) is 5.82 Å². The third-order valence-corrected chi connectivity index (χ3v) is 6.63. The summed E-state index contributed by atoms with van der Waals surface area (Å²) < 4.78 is 61.9. The highest BCUT2D eigenvalue weighted by atomic mass is 32.2. The number of hydrogen-bond donors (Lipinski definition) is 2.